The molecule has 0 spiro atoms. The summed E-state index contributed by atoms with van der Waals surface area (Å²) in [6.07, 6.45) is 15.3. The van der Waals surface area contributed by atoms with Crippen LogP contribution in [0, 0.1) is 0 Å². The third kappa shape index (κ3) is 9.41. The Bertz CT molecular complexity index is 549. The van der Waals surface area contributed by atoms with Crippen molar-refractivity contribution in [1.82, 2.24) is 0 Å². The van der Waals surface area contributed by atoms with Crippen LogP contribution in [-0.4, -0.2) is 13.0 Å². The highest BCUT2D eigenvalue weighted by molar-refractivity contribution is 7.85. The van der Waals surface area contributed by atoms with E-state index in [0.717, 1.165) is 6.42 Å². The highest BCUT2D eigenvalue weighted by Gasteiger charge is 2.14. The van der Waals surface area contributed by atoms with E-state index < -0.39 is 10.1 Å². The minimum Gasteiger partial charge on any atom is -0.282 e. The standard InChI is InChI=1S/C21H36O3S/c1-3-5-7-8-9-10-11-12-14-19(13-6-4-2)20-15-17-21(18-16-20)25(22,23)24/h15-19H,3-14H2,1-2H3,(H,22,23,24). The molecule has 1 rings (SSSR count). The lowest BCUT2D eigenvalue weighted by molar-refractivity contribution is 0.482. The molecule has 0 aliphatic heterocycles. The van der Waals surface area contributed by atoms with Crippen LogP contribution < -0.4 is 0 Å². The molecule has 0 aromatic heterocycles. The van der Waals surface area contributed by atoms with Gasteiger partial charge in [-0.05, 0) is 36.5 Å². The summed E-state index contributed by atoms with van der Waals surface area (Å²) in [6, 6.07) is 6.79. The molecule has 0 fully saturated rings. The van der Waals surface area contributed by atoms with Gasteiger partial charge in [0.05, 0.1) is 4.90 Å². The molecule has 1 unspecified atom stereocenters. The average Bonchev–Trinajstić information content (AvgIpc) is 2.59. The summed E-state index contributed by atoms with van der Waals surface area (Å²) in [6.45, 7) is 4.45. The largest absolute Gasteiger partial charge is 0.294 e. The van der Waals surface area contributed by atoms with E-state index >= 15 is 0 Å². The number of hydrogen-bond acceptors (Lipinski definition) is 2. The van der Waals surface area contributed by atoms with Crippen LogP contribution in [0.3, 0.4) is 0 Å². The van der Waals surface area contributed by atoms with Crippen molar-refractivity contribution >= 4 is 10.1 Å². The summed E-state index contributed by atoms with van der Waals surface area (Å²) in [5.41, 5.74) is 1.20. The maximum absolute atomic E-state index is 11.2. The van der Waals surface area contributed by atoms with Crippen LogP contribution in [0.2, 0.25) is 0 Å². The summed E-state index contributed by atoms with van der Waals surface area (Å²) in [4.78, 5) is -0.0161. The first-order chi connectivity index (χ1) is 12.0. The van der Waals surface area contributed by atoms with Gasteiger partial charge in [-0.3, -0.25) is 4.55 Å². The first-order valence-corrected chi connectivity index (χ1v) is 11.5. The smallest absolute Gasteiger partial charge is 0.282 e. The zero-order chi connectivity index (χ0) is 18.5. The normalized spacial score (nSPS) is 13.1. The van der Waals surface area contributed by atoms with Gasteiger partial charge in [-0.2, -0.15) is 8.42 Å². The molecule has 1 aromatic rings. The second-order valence-electron chi connectivity index (χ2n) is 7.15. The van der Waals surface area contributed by atoms with Crippen LogP contribution in [0.15, 0.2) is 29.2 Å². The molecule has 0 aliphatic carbocycles. The molecule has 0 heterocycles. The SMILES string of the molecule is CCCCCCCCCCC(CCCC)c1ccc(S(=O)(=O)O)cc1. The highest BCUT2D eigenvalue weighted by atomic mass is 32.2. The van der Waals surface area contributed by atoms with E-state index in [0.29, 0.717) is 5.92 Å². The maximum atomic E-state index is 11.2. The number of unbranched alkanes of at least 4 members (excludes halogenated alkanes) is 8. The Kier molecular flexibility index (Phi) is 11.1. The first-order valence-electron chi connectivity index (χ1n) is 10.1. The van der Waals surface area contributed by atoms with Crippen molar-refractivity contribution in [2.24, 2.45) is 0 Å². The zero-order valence-electron chi connectivity index (χ0n) is 16.0. The number of benzene rings is 1. The average molecular weight is 369 g/mol. The number of rotatable bonds is 14. The van der Waals surface area contributed by atoms with E-state index in [2.05, 4.69) is 13.8 Å². The van der Waals surface area contributed by atoms with Gasteiger partial charge in [0.15, 0.2) is 0 Å². The molecule has 0 bridgehead atoms. The van der Waals surface area contributed by atoms with Crippen LogP contribution in [0.25, 0.3) is 0 Å². The van der Waals surface area contributed by atoms with Crippen molar-refractivity contribution < 1.29 is 13.0 Å². The molecule has 4 heteroatoms. The van der Waals surface area contributed by atoms with Crippen molar-refractivity contribution in [2.75, 3.05) is 0 Å². The molecule has 1 N–H and O–H groups in total. The highest BCUT2D eigenvalue weighted by Crippen LogP contribution is 2.29. The van der Waals surface area contributed by atoms with Crippen molar-refractivity contribution in [1.29, 1.82) is 0 Å². The Morgan fingerprint density at radius 1 is 0.760 bits per heavy atom. The summed E-state index contributed by atoms with van der Waals surface area (Å²) >= 11 is 0. The van der Waals surface area contributed by atoms with Gasteiger partial charge in [0.1, 0.15) is 0 Å². The Labute approximate surface area is 155 Å². The van der Waals surface area contributed by atoms with Gasteiger partial charge in [-0.25, -0.2) is 0 Å². The summed E-state index contributed by atoms with van der Waals surface area (Å²) in [5, 5.41) is 0. The molecule has 0 aliphatic rings. The van der Waals surface area contributed by atoms with Crippen molar-refractivity contribution in [3.63, 3.8) is 0 Å². The lowest BCUT2D eigenvalue weighted by atomic mass is 9.88. The van der Waals surface area contributed by atoms with Crippen molar-refractivity contribution in [3.05, 3.63) is 29.8 Å². The zero-order valence-corrected chi connectivity index (χ0v) is 16.9. The van der Waals surface area contributed by atoms with E-state index in [1.54, 1.807) is 0 Å². The quantitative estimate of drug-likeness (QED) is 0.292. The topological polar surface area (TPSA) is 54.4 Å². The monoisotopic (exact) mass is 368 g/mol. The minimum atomic E-state index is -4.10. The van der Waals surface area contributed by atoms with Gasteiger partial charge in [-0.15, -0.1) is 0 Å². The third-order valence-electron chi connectivity index (χ3n) is 4.96. The second-order valence-corrected chi connectivity index (χ2v) is 8.57. The number of hydrogen-bond donors (Lipinski definition) is 1. The van der Waals surface area contributed by atoms with Crippen LogP contribution in [0.4, 0.5) is 0 Å². The van der Waals surface area contributed by atoms with Gasteiger partial charge in [0.25, 0.3) is 10.1 Å². The summed E-state index contributed by atoms with van der Waals surface area (Å²) in [7, 11) is -4.10. The molecule has 1 aromatic carbocycles. The van der Waals surface area contributed by atoms with E-state index in [-0.39, 0.29) is 4.90 Å². The van der Waals surface area contributed by atoms with Gasteiger partial charge in [0.2, 0.25) is 0 Å². The Morgan fingerprint density at radius 2 is 1.24 bits per heavy atom. The van der Waals surface area contributed by atoms with Gasteiger partial charge in [-0.1, -0.05) is 90.2 Å². The van der Waals surface area contributed by atoms with E-state index in [4.69, 9.17) is 4.55 Å². The van der Waals surface area contributed by atoms with E-state index in [1.807, 2.05) is 12.1 Å². The maximum Gasteiger partial charge on any atom is 0.294 e. The fourth-order valence-corrected chi connectivity index (χ4v) is 3.84. The predicted molar refractivity (Wildman–Crippen MR) is 106 cm³/mol. The van der Waals surface area contributed by atoms with Crippen LogP contribution in [0.1, 0.15) is 102 Å². The molecule has 1 atom stereocenters. The fraction of sp³-hybridized carbons (Fsp3) is 0.714. The molecule has 0 amide bonds. The van der Waals surface area contributed by atoms with Crippen molar-refractivity contribution in [2.45, 2.75) is 102 Å². The van der Waals surface area contributed by atoms with Crippen LogP contribution in [0.5, 0.6) is 0 Å². The Morgan fingerprint density at radius 3 is 1.76 bits per heavy atom. The van der Waals surface area contributed by atoms with Gasteiger partial charge in [0, 0.05) is 0 Å². The molecule has 3 nitrogen and oxygen atoms in total. The fourth-order valence-electron chi connectivity index (χ4n) is 3.36. The second kappa shape index (κ2) is 12.5. The third-order valence-corrected chi connectivity index (χ3v) is 5.83. The molecule has 0 radical (unpaired) electrons. The van der Waals surface area contributed by atoms with E-state index in [1.165, 1.54) is 88.3 Å². The van der Waals surface area contributed by atoms with Gasteiger partial charge < -0.3 is 0 Å². The minimum absolute atomic E-state index is 0.0161. The van der Waals surface area contributed by atoms with Crippen LogP contribution >= 0.6 is 0 Å². The molecule has 0 saturated heterocycles. The van der Waals surface area contributed by atoms with Crippen LogP contribution in [-0.2, 0) is 10.1 Å². The molecular formula is C21H36O3S. The Hall–Kier alpha value is -0.870. The van der Waals surface area contributed by atoms with Gasteiger partial charge >= 0.3 is 0 Å². The predicted octanol–water partition coefficient (Wildman–Crippen LogP) is 6.74. The summed E-state index contributed by atoms with van der Waals surface area (Å²) in [5.74, 6) is 0.496. The van der Waals surface area contributed by atoms with E-state index in [9.17, 15) is 8.42 Å². The summed E-state index contributed by atoms with van der Waals surface area (Å²) < 4.78 is 31.5. The van der Waals surface area contributed by atoms with Crippen molar-refractivity contribution in [3.8, 4) is 0 Å². The molecule has 0 saturated carbocycles. The first kappa shape index (κ1) is 22.2. The Balaban J connectivity index is 2.45. The lowest BCUT2D eigenvalue weighted by Crippen LogP contribution is -2.02. The lowest BCUT2D eigenvalue weighted by Gasteiger charge is -2.17. The molecule has 144 valence electrons. The molecule has 25 heavy (non-hydrogen) atoms. The molecular weight excluding hydrogens is 332 g/mol.